The maximum atomic E-state index is 12.9. The summed E-state index contributed by atoms with van der Waals surface area (Å²) in [6.07, 6.45) is 5.70. The van der Waals surface area contributed by atoms with Gasteiger partial charge in [0, 0.05) is 54.9 Å². The van der Waals surface area contributed by atoms with Crippen LogP contribution in [0.5, 0.6) is 5.88 Å². The van der Waals surface area contributed by atoms with Crippen molar-refractivity contribution in [3.8, 4) is 17.1 Å². The molecule has 0 N–H and O–H groups in total. The van der Waals surface area contributed by atoms with E-state index < -0.39 is 0 Å². The van der Waals surface area contributed by atoms with E-state index in [1.807, 2.05) is 45.2 Å². The highest BCUT2D eigenvalue weighted by Gasteiger charge is 2.19. The van der Waals surface area contributed by atoms with Crippen LogP contribution in [0.2, 0.25) is 0 Å². The first-order chi connectivity index (χ1) is 13.5. The summed E-state index contributed by atoms with van der Waals surface area (Å²) in [5.41, 5.74) is 4.27. The molecule has 0 bridgehead atoms. The first kappa shape index (κ1) is 19.5. The highest BCUT2D eigenvalue weighted by atomic mass is 16.5. The minimum atomic E-state index is -0.0289. The summed E-state index contributed by atoms with van der Waals surface area (Å²) in [7, 11) is 3.38. The first-order valence-corrected chi connectivity index (χ1v) is 9.14. The summed E-state index contributed by atoms with van der Waals surface area (Å²) in [5, 5.41) is 0. The van der Waals surface area contributed by atoms with E-state index in [0.717, 1.165) is 16.8 Å². The third kappa shape index (κ3) is 4.17. The molecule has 2 aromatic heterocycles. The van der Waals surface area contributed by atoms with Crippen molar-refractivity contribution < 1.29 is 9.53 Å². The van der Waals surface area contributed by atoms with Gasteiger partial charge in [0.25, 0.3) is 5.91 Å². The lowest BCUT2D eigenvalue weighted by Crippen LogP contribution is -2.36. The fraction of sp³-hybridized carbons (Fsp3) is 0.273. The number of hydrogen-bond acceptors (Lipinski definition) is 5. The Labute approximate surface area is 165 Å². The number of aryl methyl sites for hydroxylation is 1. The van der Waals surface area contributed by atoms with E-state index in [0.29, 0.717) is 23.6 Å². The number of nitrogens with zero attached hydrogens (tertiary/aromatic N) is 4. The molecule has 28 heavy (non-hydrogen) atoms. The number of carbonyl (C=O) groups excluding carboxylic acids is 1. The lowest BCUT2D eigenvalue weighted by Gasteiger charge is -2.25. The molecule has 0 aliphatic rings. The molecule has 6 heteroatoms. The summed E-state index contributed by atoms with van der Waals surface area (Å²) in [6.45, 7) is 4.07. The van der Waals surface area contributed by atoms with Crippen molar-refractivity contribution in [2.75, 3.05) is 14.2 Å². The van der Waals surface area contributed by atoms with Crippen LogP contribution < -0.4 is 4.74 Å². The number of pyridine rings is 1. The molecule has 0 unspecified atom stereocenters. The molecule has 1 amide bonds. The van der Waals surface area contributed by atoms with Crippen LogP contribution in [0.25, 0.3) is 11.3 Å². The monoisotopic (exact) mass is 376 g/mol. The molecule has 0 aliphatic heterocycles. The number of benzene rings is 1. The lowest BCUT2D eigenvalue weighted by atomic mass is 10.0. The summed E-state index contributed by atoms with van der Waals surface area (Å²) in [4.78, 5) is 27.6. The van der Waals surface area contributed by atoms with Crippen molar-refractivity contribution in [3.63, 3.8) is 0 Å². The Morgan fingerprint density at radius 3 is 2.46 bits per heavy atom. The van der Waals surface area contributed by atoms with Crippen LogP contribution >= 0.6 is 0 Å². The van der Waals surface area contributed by atoms with Crippen molar-refractivity contribution in [1.82, 2.24) is 19.9 Å². The number of aromatic nitrogens is 3. The summed E-state index contributed by atoms with van der Waals surface area (Å²) < 4.78 is 5.26. The molecule has 3 aromatic rings. The van der Waals surface area contributed by atoms with Crippen LogP contribution in [-0.4, -0.2) is 46.0 Å². The lowest BCUT2D eigenvalue weighted by molar-refractivity contribution is 0.0743. The molecule has 3 rings (SSSR count). The molecular formula is C22H24N4O2. The first-order valence-electron chi connectivity index (χ1n) is 9.14. The second kappa shape index (κ2) is 8.61. The molecule has 0 fully saturated rings. The van der Waals surface area contributed by atoms with E-state index in [4.69, 9.17) is 4.74 Å². The van der Waals surface area contributed by atoms with Gasteiger partial charge in [-0.1, -0.05) is 18.2 Å². The Hall–Kier alpha value is -3.28. The average molecular weight is 376 g/mol. The third-order valence-electron chi connectivity index (χ3n) is 4.85. The number of methoxy groups -OCH3 is 1. The molecule has 0 saturated carbocycles. The molecular weight excluding hydrogens is 352 g/mol. The predicted octanol–water partition coefficient (Wildman–Crippen LogP) is 3.56. The van der Waals surface area contributed by atoms with Crippen LogP contribution in [0.1, 0.15) is 28.5 Å². The van der Waals surface area contributed by atoms with Gasteiger partial charge in [0.15, 0.2) is 0 Å². The van der Waals surface area contributed by atoms with Gasteiger partial charge in [-0.3, -0.25) is 9.78 Å². The van der Waals surface area contributed by atoms with E-state index in [2.05, 4.69) is 15.0 Å². The van der Waals surface area contributed by atoms with Crippen LogP contribution in [0.3, 0.4) is 0 Å². The standard InChI is InChI=1S/C22H24N4O2/c1-15-6-5-11-23-19(15)14-16(2)26(3)22(27)18-9-7-17(8-10-18)20-21(28-4)25-13-12-24-20/h5-13,16H,14H2,1-4H3/t16-/m1/s1. The van der Waals surface area contributed by atoms with Crippen molar-refractivity contribution in [2.24, 2.45) is 0 Å². The van der Waals surface area contributed by atoms with Crippen LogP contribution in [0.15, 0.2) is 55.0 Å². The van der Waals surface area contributed by atoms with Gasteiger partial charge in [0.05, 0.1) is 7.11 Å². The molecule has 0 saturated heterocycles. The topological polar surface area (TPSA) is 68.2 Å². The summed E-state index contributed by atoms with van der Waals surface area (Å²) in [5.74, 6) is 0.428. The second-order valence-electron chi connectivity index (χ2n) is 6.73. The zero-order valence-electron chi connectivity index (χ0n) is 16.6. The Bertz CT molecular complexity index is 957. The molecule has 144 valence electrons. The zero-order valence-corrected chi connectivity index (χ0v) is 16.6. The Morgan fingerprint density at radius 2 is 1.79 bits per heavy atom. The molecule has 2 heterocycles. The summed E-state index contributed by atoms with van der Waals surface area (Å²) >= 11 is 0. The van der Waals surface area contributed by atoms with Gasteiger partial charge < -0.3 is 9.64 Å². The van der Waals surface area contributed by atoms with E-state index in [-0.39, 0.29) is 11.9 Å². The highest BCUT2D eigenvalue weighted by molar-refractivity contribution is 5.94. The molecule has 1 aromatic carbocycles. The maximum Gasteiger partial charge on any atom is 0.253 e. The number of rotatable bonds is 6. The smallest absolute Gasteiger partial charge is 0.253 e. The quantitative estimate of drug-likeness (QED) is 0.658. The molecule has 6 nitrogen and oxygen atoms in total. The number of ether oxygens (including phenoxy) is 1. The number of amides is 1. The van der Waals surface area contributed by atoms with Gasteiger partial charge in [-0.05, 0) is 37.6 Å². The molecule has 0 aliphatic carbocycles. The molecule has 0 radical (unpaired) electrons. The third-order valence-corrected chi connectivity index (χ3v) is 4.85. The van der Waals surface area contributed by atoms with Crippen LogP contribution in [0.4, 0.5) is 0 Å². The van der Waals surface area contributed by atoms with Gasteiger partial charge in [-0.15, -0.1) is 0 Å². The predicted molar refractivity (Wildman–Crippen MR) is 108 cm³/mol. The Kier molecular flexibility index (Phi) is 5.99. The zero-order chi connectivity index (χ0) is 20.1. The van der Waals surface area contributed by atoms with Gasteiger partial charge in [0.1, 0.15) is 5.69 Å². The van der Waals surface area contributed by atoms with E-state index in [1.165, 1.54) is 0 Å². The number of carbonyl (C=O) groups is 1. The van der Waals surface area contributed by atoms with Crippen LogP contribution in [-0.2, 0) is 6.42 Å². The van der Waals surface area contributed by atoms with Crippen molar-refractivity contribution in [2.45, 2.75) is 26.3 Å². The highest BCUT2D eigenvalue weighted by Crippen LogP contribution is 2.25. The van der Waals surface area contributed by atoms with Crippen LogP contribution in [0, 0.1) is 6.92 Å². The van der Waals surface area contributed by atoms with E-state index in [9.17, 15) is 4.79 Å². The normalized spacial score (nSPS) is 11.7. The molecule has 1 atom stereocenters. The average Bonchev–Trinajstić information content (AvgIpc) is 2.74. The second-order valence-corrected chi connectivity index (χ2v) is 6.73. The minimum absolute atomic E-state index is 0.0286. The fourth-order valence-corrected chi connectivity index (χ4v) is 3.00. The summed E-state index contributed by atoms with van der Waals surface area (Å²) in [6, 6.07) is 11.3. The van der Waals surface area contributed by atoms with Gasteiger partial charge in [-0.25, -0.2) is 9.97 Å². The van der Waals surface area contributed by atoms with Gasteiger partial charge in [-0.2, -0.15) is 0 Å². The largest absolute Gasteiger partial charge is 0.479 e. The molecule has 0 spiro atoms. The van der Waals surface area contributed by atoms with Crippen molar-refractivity contribution in [1.29, 1.82) is 0 Å². The SMILES string of the molecule is COc1nccnc1-c1ccc(C(=O)N(C)[C@H](C)Cc2ncccc2C)cc1. The fourth-order valence-electron chi connectivity index (χ4n) is 3.00. The minimum Gasteiger partial charge on any atom is -0.479 e. The Morgan fingerprint density at radius 1 is 1.07 bits per heavy atom. The van der Waals surface area contributed by atoms with E-state index in [1.54, 1.807) is 42.7 Å². The maximum absolute atomic E-state index is 12.9. The van der Waals surface area contributed by atoms with E-state index >= 15 is 0 Å². The number of hydrogen-bond donors (Lipinski definition) is 0. The number of likely N-dealkylation sites (N-methyl/N-ethyl adjacent to an activating group) is 1. The van der Waals surface area contributed by atoms with Crippen molar-refractivity contribution >= 4 is 5.91 Å². The van der Waals surface area contributed by atoms with Gasteiger partial charge >= 0.3 is 0 Å². The van der Waals surface area contributed by atoms with Gasteiger partial charge in [0.2, 0.25) is 5.88 Å². The van der Waals surface area contributed by atoms with Crippen molar-refractivity contribution in [3.05, 3.63) is 71.8 Å². The Balaban J connectivity index is 1.74.